The first kappa shape index (κ1) is 12.0. The Morgan fingerprint density at radius 3 is 2.78 bits per heavy atom. The minimum Gasteiger partial charge on any atom is -0.480 e. The summed E-state index contributed by atoms with van der Waals surface area (Å²) in [5, 5.41) is 19.5. The van der Waals surface area contributed by atoms with Crippen molar-refractivity contribution in [1.29, 1.82) is 0 Å². The van der Waals surface area contributed by atoms with E-state index >= 15 is 0 Å². The highest BCUT2D eigenvalue weighted by atomic mass is 16.6. The molecule has 7 heteroatoms. The number of carbonyl (C=O) groups excluding carboxylic acids is 1. The van der Waals surface area contributed by atoms with Gasteiger partial charge in [0.1, 0.15) is 6.04 Å². The molecule has 1 atom stereocenters. The number of carboxylic acids is 1. The van der Waals surface area contributed by atoms with Crippen LogP contribution in [-0.4, -0.2) is 27.9 Å². The highest BCUT2D eigenvalue weighted by Crippen LogP contribution is 2.33. The number of non-ortho nitro benzene ring substituents is 1. The van der Waals surface area contributed by atoms with E-state index in [1.54, 1.807) is 0 Å². The van der Waals surface area contributed by atoms with Crippen LogP contribution in [0.3, 0.4) is 0 Å². The van der Waals surface area contributed by atoms with Crippen LogP contribution in [0.25, 0.3) is 0 Å². The summed E-state index contributed by atoms with van der Waals surface area (Å²) in [6.07, 6.45) is -0.00532. The van der Waals surface area contributed by atoms with Gasteiger partial charge in [-0.05, 0) is 18.6 Å². The molecule has 18 heavy (non-hydrogen) atoms. The van der Waals surface area contributed by atoms with Crippen LogP contribution in [0.2, 0.25) is 0 Å². The van der Waals surface area contributed by atoms with Crippen LogP contribution in [-0.2, 0) is 16.0 Å². The van der Waals surface area contributed by atoms with Gasteiger partial charge in [-0.25, -0.2) is 4.79 Å². The summed E-state index contributed by atoms with van der Waals surface area (Å²) in [7, 11) is 0. The lowest BCUT2D eigenvalue weighted by Crippen LogP contribution is -2.41. The molecule has 1 aliphatic heterocycles. The van der Waals surface area contributed by atoms with E-state index < -0.39 is 16.9 Å². The maximum absolute atomic E-state index is 11.8. The average Bonchev–Trinajstić information content (AvgIpc) is 2.62. The van der Waals surface area contributed by atoms with Gasteiger partial charge in [0, 0.05) is 17.8 Å². The molecule has 1 heterocycles. The van der Waals surface area contributed by atoms with E-state index in [-0.39, 0.29) is 18.0 Å². The number of anilines is 1. The third-order valence-corrected chi connectivity index (χ3v) is 2.89. The predicted molar refractivity (Wildman–Crippen MR) is 61.4 cm³/mol. The first-order valence-corrected chi connectivity index (χ1v) is 5.24. The van der Waals surface area contributed by atoms with Crippen molar-refractivity contribution >= 4 is 23.3 Å². The maximum atomic E-state index is 11.8. The highest BCUT2D eigenvalue weighted by molar-refractivity contribution is 6.05. The Morgan fingerprint density at radius 2 is 2.22 bits per heavy atom. The fraction of sp³-hybridized carbons (Fsp3) is 0.273. The van der Waals surface area contributed by atoms with Crippen LogP contribution < -0.4 is 4.90 Å². The van der Waals surface area contributed by atoms with Crippen LogP contribution in [0, 0.1) is 10.1 Å². The number of aliphatic carboxylic acids is 1. The van der Waals surface area contributed by atoms with Gasteiger partial charge in [-0.1, -0.05) is 0 Å². The van der Waals surface area contributed by atoms with Gasteiger partial charge in [0.05, 0.1) is 11.3 Å². The molecule has 0 radical (unpaired) electrons. The fourth-order valence-electron chi connectivity index (χ4n) is 1.98. The number of amides is 1. The Labute approximate surface area is 102 Å². The quantitative estimate of drug-likeness (QED) is 0.636. The minimum absolute atomic E-state index is 0.00532. The van der Waals surface area contributed by atoms with Crippen LogP contribution in [0.15, 0.2) is 18.2 Å². The lowest BCUT2D eigenvalue weighted by molar-refractivity contribution is -0.384. The van der Waals surface area contributed by atoms with Crippen LogP contribution in [0.1, 0.15) is 12.5 Å². The summed E-state index contributed by atoms with van der Waals surface area (Å²) >= 11 is 0. The molecule has 0 aliphatic carbocycles. The van der Waals surface area contributed by atoms with E-state index in [1.165, 1.54) is 25.1 Å². The second-order valence-electron chi connectivity index (χ2n) is 4.02. The van der Waals surface area contributed by atoms with E-state index in [4.69, 9.17) is 5.11 Å². The summed E-state index contributed by atoms with van der Waals surface area (Å²) < 4.78 is 0. The van der Waals surface area contributed by atoms with E-state index in [0.717, 1.165) is 4.90 Å². The van der Waals surface area contributed by atoms with Crippen molar-refractivity contribution in [1.82, 2.24) is 0 Å². The van der Waals surface area contributed by atoms with Crippen LogP contribution >= 0.6 is 0 Å². The number of benzene rings is 1. The zero-order valence-corrected chi connectivity index (χ0v) is 9.49. The highest BCUT2D eigenvalue weighted by Gasteiger charge is 2.35. The lowest BCUT2D eigenvalue weighted by atomic mass is 10.1. The first-order chi connectivity index (χ1) is 8.41. The minimum atomic E-state index is -1.12. The van der Waals surface area contributed by atoms with Crippen molar-refractivity contribution < 1.29 is 19.6 Å². The monoisotopic (exact) mass is 250 g/mol. The van der Waals surface area contributed by atoms with Gasteiger partial charge in [0.25, 0.3) is 5.69 Å². The van der Waals surface area contributed by atoms with E-state index in [2.05, 4.69) is 0 Å². The molecule has 1 aromatic rings. The normalized spacial score (nSPS) is 15.4. The summed E-state index contributed by atoms with van der Waals surface area (Å²) in [5.41, 5.74) is 0.814. The molecule has 0 bridgehead atoms. The van der Waals surface area contributed by atoms with Gasteiger partial charge < -0.3 is 5.11 Å². The Kier molecular flexibility index (Phi) is 2.74. The van der Waals surface area contributed by atoms with Crippen molar-refractivity contribution in [3.05, 3.63) is 33.9 Å². The molecule has 0 fully saturated rings. The summed E-state index contributed by atoms with van der Waals surface area (Å²) in [6.45, 7) is 1.40. The Balaban J connectivity index is 2.44. The van der Waals surface area contributed by atoms with Crippen LogP contribution in [0.4, 0.5) is 11.4 Å². The SMILES string of the molecule is CC(C(=O)O)N1C(=O)Cc2cc([N+](=O)[O-])ccc21. The zero-order valence-electron chi connectivity index (χ0n) is 9.49. The number of nitro benzene ring substituents is 1. The molecule has 94 valence electrons. The maximum Gasteiger partial charge on any atom is 0.326 e. The van der Waals surface area contributed by atoms with Crippen LogP contribution in [0.5, 0.6) is 0 Å². The number of rotatable bonds is 3. The third-order valence-electron chi connectivity index (χ3n) is 2.89. The van der Waals surface area contributed by atoms with Crippen molar-refractivity contribution in [3.8, 4) is 0 Å². The zero-order chi connectivity index (χ0) is 13.4. The van der Waals surface area contributed by atoms with Crippen molar-refractivity contribution in [2.75, 3.05) is 4.90 Å². The smallest absolute Gasteiger partial charge is 0.326 e. The number of hydrogen-bond acceptors (Lipinski definition) is 4. The van der Waals surface area contributed by atoms with Crippen molar-refractivity contribution in [3.63, 3.8) is 0 Å². The van der Waals surface area contributed by atoms with Gasteiger partial charge in [-0.2, -0.15) is 0 Å². The molecular formula is C11H10N2O5. The molecule has 0 aromatic heterocycles. The number of nitrogens with zero attached hydrogens (tertiary/aromatic N) is 2. The van der Waals surface area contributed by atoms with E-state index in [0.29, 0.717) is 11.3 Å². The summed E-state index contributed by atoms with van der Waals surface area (Å²) in [5.74, 6) is -1.48. The van der Waals surface area contributed by atoms with Gasteiger partial charge in [0.15, 0.2) is 0 Å². The number of carbonyl (C=O) groups is 2. The van der Waals surface area contributed by atoms with E-state index in [9.17, 15) is 19.7 Å². The molecule has 7 nitrogen and oxygen atoms in total. The number of carboxylic acid groups (broad SMARTS) is 1. The number of fused-ring (bicyclic) bond motifs is 1. The Bertz CT molecular complexity index is 554. The second kappa shape index (κ2) is 4.10. The molecule has 1 aliphatic rings. The van der Waals surface area contributed by atoms with Gasteiger partial charge in [0.2, 0.25) is 5.91 Å². The molecule has 2 rings (SSSR count). The standard InChI is InChI=1S/C11H10N2O5/c1-6(11(15)16)12-9-3-2-8(13(17)18)4-7(9)5-10(12)14/h2-4,6H,5H2,1H3,(H,15,16). The molecule has 1 amide bonds. The van der Waals surface area contributed by atoms with Crippen molar-refractivity contribution in [2.24, 2.45) is 0 Å². The Hall–Kier alpha value is -2.44. The Morgan fingerprint density at radius 1 is 1.56 bits per heavy atom. The molecule has 1 aromatic carbocycles. The predicted octanol–water partition coefficient (Wildman–Crippen LogP) is 0.957. The van der Waals surface area contributed by atoms with Gasteiger partial charge >= 0.3 is 5.97 Å². The first-order valence-electron chi connectivity index (χ1n) is 5.24. The summed E-state index contributed by atoms with van der Waals surface area (Å²) in [6, 6.07) is 3.00. The number of hydrogen-bond donors (Lipinski definition) is 1. The topological polar surface area (TPSA) is 101 Å². The molecular weight excluding hydrogens is 240 g/mol. The fourth-order valence-corrected chi connectivity index (χ4v) is 1.98. The molecule has 0 saturated carbocycles. The largest absolute Gasteiger partial charge is 0.480 e. The molecule has 1 unspecified atom stereocenters. The van der Waals surface area contributed by atoms with Gasteiger partial charge in [-0.15, -0.1) is 0 Å². The lowest BCUT2D eigenvalue weighted by Gasteiger charge is -2.21. The molecule has 0 saturated heterocycles. The molecule has 0 spiro atoms. The summed E-state index contributed by atoms with van der Waals surface area (Å²) in [4.78, 5) is 33.9. The van der Waals surface area contributed by atoms with E-state index in [1.807, 2.05) is 0 Å². The average molecular weight is 250 g/mol. The van der Waals surface area contributed by atoms with Gasteiger partial charge in [-0.3, -0.25) is 19.8 Å². The molecule has 1 N–H and O–H groups in total. The second-order valence-corrected chi connectivity index (χ2v) is 4.02. The van der Waals surface area contributed by atoms with Crippen molar-refractivity contribution in [2.45, 2.75) is 19.4 Å². The number of nitro groups is 1. The third kappa shape index (κ3) is 1.79.